The van der Waals surface area contributed by atoms with Crippen LogP contribution in [0.15, 0.2) is 22.7 Å². The molecule has 2 nitrogen and oxygen atoms in total. The Morgan fingerprint density at radius 1 is 1.60 bits per heavy atom. The summed E-state index contributed by atoms with van der Waals surface area (Å²) in [5, 5.41) is 0. The summed E-state index contributed by atoms with van der Waals surface area (Å²) in [5.41, 5.74) is 0.542. The van der Waals surface area contributed by atoms with Crippen molar-refractivity contribution in [1.82, 2.24) is 0 Å². The largest absolute Gasteiger partial charge is 0.477 e. The van der Waals surface area contributed by atoms with Crippen molar-refractivity contribution >= 4 is 21.7 Å². The molecule has 1 aromatic carbocycles. The summed E-state index contributed by atoms with van der Waals surface area (Å²) in [6.45, 7) is 3.25. The molecule has 0 N–H and O–H groups in total. The van der Waals surface area contributed by atoms with Gasteiger partial charge in [0.05, 0.1) is 5.56 Å². The van der Waals surface area contributed by atoms with Crippen molar-refractivity contribution in [3.05, 3.63) is 28.2 Å². The number of benzene rings is 1. The third-order valence-corrected chi connectivity index (χ3v) is 2.35. The van der Waals surface area contributed by atoms with Gasteiger partial charge in [-0.15, -0.1) is 6.42 Å². The van der Waals surface area contributed by atoms with Crippen molar-refractivity contribution in [2.75, 3.05) is 0 Å². The molecule has 0 amide bonds. The van der Waals surface area contributed by atoms with E-state index in [0.717, 1.165) is 4.47 Å². The number of ether oxygens (including phenoxy) is 1. The molecule has 0 saturated heterocycles. The topological polar surface area (TPSA) is 26.3 Å². The third-order valence-electron chi connectivity index (χ3n) is 1.86. The molecule has 0 aliphatic heterocycles. The summed E-state index contributed by atoms with van der Waals surface area (Å²) in [7, 11) is 0. The third kappa shape index (κ3) is 3.10. The number of Topliss-reactive ketones (excluding diaryl/α,β-unsaturated/α-hetero) is 1. The molecule has 0 fully saturated rings. The van der Waals surface area contributed by atoms with Crippen molar-refractivity contribution < 1.29 is 9.53 Å². The van der Waals surface area contributed by atoms with Crippen LogP contribution in [-0.4, -0.2) is 11.9 Å². The minimum atomic E-state index is -0.350. The predicted octanol–water partition coefficient (Wildman–Crippen LogP) is 3.05. The van der Waals surface area contributed by atoms with E-state index in [2.05, 4.69) is 21.9 Å². The first kappa shape index (κ1) is 11.8. The summed E-state index contributed by atoms with van der Waals surface area (Å²) < 4.78 is 6.30. The maximum atomic E-state index is 11.3. The number of terminal acetylenes is 1. The van der Waals surface area contributed by atoms with Gasteiger partial charge in [0.25, 0.3) is 0 Å². The van der Waals surface area contributed by atoms with Gasteiger partial charge in [-0.1, -0.05) is 21.9 Å². The molecule has 1 rings (SSSR count). The second-order valence-corrected chi connectivity index (χ2v) is 4.04. The highest BCUT2D eigenvalue weighted by molar-refractivity contribution is 9.10. The standard InChI is InChI=1S/C12H11BrO2/c1-4-8(2)15-12-7-10(13)5-6-11(12)9(3)14/h1,5-8H,2-3H3. The van der Waals surface area contributed by atoms with Crippen molar-refractivity contribution in [2.45, 2.75) is 20.0 Å². The number of carbonyl (C=O) groups excluding carboxylic acids is 1. The van der Waals surface area contributed by atoms with Crippen LogP contribution in [0.5, 0.6) is 5.75 Å². The normalized spacial score (nSPS) is 11.6. The zero-order valence-electron chi connectivity index (χ0n) is 8.58. The van der Waals surface area contributed by atoms with Crippen LogP contribution in [-0.2, 0) is 0 Å². The van der Waals surface area contributed by atoms with Crippen molar-refractivity contribution in [3.63, 3.8) is 0 Å². The Morgan fingerprint density at radius 3 is 2.80 bits per heavy atom. The second-order valence-electron chi connectivity index (χ2n) is 3.12. The zero-order chi connectivity index (χ0) is 11.4. The molecule has 0 saturated carbocycles. The minimum Gasteiger partial charge on any atom is -0.477 e. The van der Waals surface area contributed by atoms with Crippen LogP contribution in [0.25, 0.3) is 0 Å². The molecule has 0 aliphatic carbocycles. The molecular weight excluding hydrogens is 256 g/mol. The lowest BCUT2D eigenvalue weighted by Crippen LogP contribution is -2.10. The molecule has 0 heterocycles. The van der Waals surface area contributed by atoms with Crippen molar-refractivity contribution in [1.29, 1.82) is 0 Å². The van der Waals surface area contributed by atoms with E-state index in [-0.39, 0.29) is 11.9 Å². The highest BCUT2D eigenvalue weighted by Gasteiger charge is 2.10. The van der Waals surface area contributed by atoms with Gasteiger partial charge in [0.1, 0.15) is 5.75 Å². The van der Waals surface area contributed by atoms with E-state index >= 15 is 0 Å². The molecule has 0 spiro atoms. The highest BCUT2D eigenvalue weighted by atomic mass is 79.9. The van der Waals surface area contributed by atoms with E-state index in [0.29, 0.717) is 11.3 Å². The molecule has 0 radical (unpaired) electrons. The quantitative estimate of drug-likeness (QED) is 0.621. The number of rotatable bonds is 3. The number of carbonyl (C=O) groups is 1. The van der Waals surface area contributed by atoms with E-state index in [1.54, 1.807) is 25.1 Å². The number of ketones is 1. The number of hydrogen-bond donors (Lipinski definition) is 0. The van der Waals surface area contributed by atoms with Crippen molar-refractivity contribution in [2.24, 2.45) is 0 Å². The van der Waals surface area contributed by atoms with E-state index in [1.807, 2.05) is 0 Å². The predicted molar refractivity (Wildman–Crippen MR) is 63.1 cm³/mol. The maximum absolute atomic E-state index is 11.3. The Bertz CT molecular complexity index is 418. The molecule has 1 unspecified atom stereocenters. The average molecular weight is 267 g/mol. The first-order valence-electron chi connectivity index (χ1n) is 4.48. The van der Waals surface area contributed by atoms with Crippen LogP contribution in [0.2, 0.25) is 0 Å². The molecule has 0 aliphatic rings. The molecule has 0 bridgehead atoms. The fourth-order valence-corrected chi connectivity index (χ4v) is 1.45. The van der Waals surface area contributed by atoms with Crippen LogP contribution in [0.3, 0.4) is 0 Å². The van der Waals surface area contributed by atoms with Gasteiger partial charge >= 0.3 is 0 Å². The molecule has 1 atom stereocenters. The van der Waals surface area contributed by atoms with Crippen LogP contribution in [0.4, 0.5) is 0 Å². The summed E-state index contributed by atoms with van der Waals surface area (Å²) >= 11 is 3.31. The Hall–Kier alpha value is -1.27. The first-order valence-corrected chi connectivity index (χ1v) is 5.27. The SMILES string of the molecule is C#CC(C)Oc1cc(Br)ccc1C(C)=O. The van der Waals surface area contributed by atoms with Gasteiger partial charge in [0, 0.05) is 4.47 Å². The molecule has 78 valence electrons. The lowest BCUT2D eigenvalue weighted by molar-refractivity contribution is 0.101. The van der Waals surface area contributed by atoms with Gasteiger partial charge in [0.15, 0.2) is 11.9 Å². The van der Waals surface area contributed by atoms with Crippen LogP contribution in [0.1, 0.15) is 24.2 Å². The van der Waals surface area contributed by atoms with Gasteiger partial charge in [-0.2, -0.15) is 0 Å². The Labute approximate surface area is 97.8 Å². The second kappa shape index (κ2) is 4.99. The van der Waals surface area contributed by atoms with Gasteiger partial charge in [-0.05, 0) is 32.0 Å². The number of halogens is 1. The van der Waals surface area contributed by atoms with Crippen molar-refractivity contribution in [3.8, 4) is 18.1 Å². The molecule has 0 aromatic heterocycles. The lowest BCUT2D eigenvalue weighted by atomic mass is 10.1. The van der Waals surface area contributed by atoms with Crippen LogP contribution >= 0.6 is 15.9 Å². The summed E-state index contributed by atoms with van der Waals surface area (Å²) in [6, 6.07) is 5.25. The molecule has 3 heteroatoms. The van der Waals surface area contributed by atoms with E-state index < -0.39 is 0 Å². The monoisotopic (exact) mass is 266 g/mol. The Kier molecular flexibility index (Phi) is 3.93. The van der Waals surface area contributed by atoms with Gasteiger partial charge in [0.2, 0.25) is 0 Å². The minimum absolute atomic E-state index is 0.0401. The fraction of sp³-hybridized carbons (Fsp3) is 0.250. The van der Waals surface area contributed by atoms with Gasteiger partial charge in [-0.3, -0.25) is 4.79 Å². The fourth-order valence-electron chi connectivity index (χ4n) is 1.11. The maximum Gasteiger partial charge on any atom is 0.163 e. The van der Waals surface area contributed by atoms with Crippen LogP contribution in [0, 0.1) is 12.3 Å². The Balaban J connectivity index is 3.08. The Morgan fingerprint density at radius 2 is 2.27 bits per heavy atom. The summed E-state index contributed by atoms with van der Waals surface area (Å²) in [6.07, 6.45) is 4.86. The summed E-state index contributed by atoms with van der Waals surface area (Å²) in [4.78, 5) is 11.3. The lowest BCUT2D eigenvalue weighted by Gasteiger charge is -2.12. The highest BCUT2D eigenvalue weighted by Crippen LogP contribution is 2.25. The molecule has 15 heavy (non-hydrogen) atoms. The molecular formula is C12H11BrO2. The summed E-state index contributed by atoms with van der Waals surface area (Å²) in [5.74, 6) is 2.93. The van der Waals surface area contributed by atoms with Crippen LogP contribution < -0.4 is 4.74 Å². The van der Waals surface area contributed by atoms with E-state index in [4.69, 9.17) is 11.2 Å². The smallest absolute Gasteiger partial charge is 0.163 e. The first-order chi connectivity index (χ1) is 7.04. The van der Waals surface area contributed by atoms with Gasteiger partial charge < -0.3 is 4.74 Å². The molecule has 1 aromatic rings. The number of hydrogen-bond acceptors (Lipinski definition) is 2. The average Bonchev–Trinajstić information content (AvgIpc) is 2.17. The van der Waals surface area contributed by atoms with Gasteiger partial charge in [-0.25, -0.2) is 0 Å². The zero-order valence-corrected chi connectivity index (χ0v) is 10.2. The van der Waals surface area contributed by atoms with E-state index in [1.165, 1.54) is 6.92 Å². The van der Waals surface area contributed by atoms with E-state index in [9.17, 15) is 4.79 Å².